The zero-order valence-corrected chi connectivity index (χ0v) is 12.7. The van der Waals surface area contributed by atoms with Gasteiger partial charge in [0, 0.05) is 25.8 Å². The van der Waals surface area contributed by atoms with Crippen LogP contribution in [0.1, 0.15) is 24.5 Å². The van der Waals surface area contributed by atoms with Crippen LogP contribution in [0.3, 0.4) is 0 Å². The van der Waals surface area contributed by atoms with Crippen LogP contribution in [0.4, 0.5) is 5.69 Å². The van der Waals surface area contributed by atoms with Crippen molar-refractivity contribution >= 4 is 17.3 Å². The Morgan fingerprint density at radius 1 is 1.00 bits per heavy atom. The molecule has 0 aromatic heterocycles. The van der Waals surface area contributed by atoms with E-state index in [1.807, 2.05) is 14.1 Å². The number of allylic oxidation sites excluding steroid dienone is 1. The Balaban J connectivity index is 2.35. The van der Waals surface area contributed by atoms with Crippen LogP contribution in [-0.4, -0.2) is 24.3 Å². The van der Waals surface area contributed by atoms with Crippen molar-refractivity contribution in [2.75, 3.05) is 19.0 Å². The first kappa shape index (κ1) is 15.0. The van der Waals surface area contributed by atoms with Crippen LogP contribution in [0.5, 0.6) is 11.5 Å². The fourth-order valence-electron chi connectivity index (χ4n) is 2.24. The van der Waals surface area contributed by atoms with Crippen molar-refractivity contribution in [3.63, 3.8) is 0 Å². The van der Waals surface area contributed by atoms with Crippen molar-refractivity contribution in [3.8, 4) is 11.5 Å². The summed E-state index contributed by atoms with van der Waals surface area (Å²) in [4.78, 5) is 2.06. The van der Waals surface area contributed by atoms with Crippen LogP contribution >= 0.6 is 0 Å². The second-order valence-electron chi connectivity index (χ2n) is 5.25. The standard InChI is InChI=1S/C18H21NO2/c1-4-14(15-10-17(20)12-18(21)11-15)9-13-5-7-16(8-6-13)19(2)3/h5-12,20-21H,4H2,1-3H3/b14-9+. The molecular weight excluding hydrogens is 262 g/mol. The highest BCUT2D eigenvalue weighted by molar-refractivity contribution is 5.82. The Kier molecular flexibility index (Phi) is 4.53. The van der Waals surface area contributed by atoms with E-state index in [-0.39, 0.29) is 11.5 Å². The molecule has 0 radical (unpaired) electrons. The van der Waals surface area contributed by atoms with Gasteiger partial charge in [0.2, 0.25) is 0 Å². The predicted molar refractivity (Wildman–Crippen MR) is 88.7 cm³/mol. The van der Waals surface area contributed by atoms with Gasteiger partial charge in [-0.3, -0.25) is 0 Å². The molecule has 0 aliphatic rings. The van der Waals surface area contributed by atoms with E-state index in [1.54, 1.807) is 12.1 Å². The zero-order chi connectivity index (χ0) is 15.4. The Bertz CT molecular complexity index is 623. The summed E-state index contributed by atoms with van der Waals surface area (Å²) in [5.41, 5.74) is 4.16. The fraction of sp³-hybridized carbons (Fsp3) is 0.222. The van der Waals surface area contributed by atoms with Gasteiger partial charge in [-0.15, -0.1) is 0 Å². The average molecular weight is 283 g/mol. The van der Waals surface area contributed by atoms with Crippen LogP contribution in [0, 0.1) is 0 Å². The Hall–Kier alpha value is -2.42. The Labute approximate surface area is 125 Å². The van der Waals surface area contributed by atoms with Gasteiger partial charge in [0.25, 0.3) is 0 Å². The number of rotatable bonds is 4. The van der Waals surface area contributed by atoms with Gasteiger partial charge in [-0.05, 0) is 47.4 Å². The third kappa shape index (κ3) is 3.78. The molecule has 3 nitrogen and oxygen atoms in total. The number of phenolic OH excluding ortho intramolecular Hbond substituents is 2. The summed E-state index contributed by atoms with van der Waals surface area (Å²) in [5, 5.41) is 19.2. The Morgan fingerprint density at radius 2 is 1.57 bits per heavy atom. The number of benzene rings is 2. The number of anilines is 1. The van der Waals surface area contributed by atoms with Crippen molar-refractivity contribution in [1.82, 2.24) is 0 Å². The minimum absolute atomic E-state index is 0.0762. The normalized spacial score (nSPS) is 11.5. The lowest BCUT2D eigenvalue weighted by atomic mass is 10.00. The molecule has 2 aromatic carbocycles. The molecule has 0 amide bonds. The van der Waals surface area contributed by atoms with E-state index in [0.29, 0.717) is 0 Å². The van der Waals surface area contributed by atoms with Gasteiger partial charge < -0.3 is 15.1 Å². The lowest BCUT2D eigenvalue weighted by Crippen LogP contribution is -2.07. The van der Waals surface area contributed by atoms with Gasteiger partial charge in [0.1, 0.15) is 11.5 Å². The minimum atomic E-state index is 0.0762. The molecule has 0 heterocycles. The maximum Gasteiger partial charge on any atom is 0.119 e. The molecule has 2 aromatic rings. The predicted octanol–water partition coefficient (Wildman–Crippen LogP) is 4.11. The summed E-state index contributed by atoms with van der Waals surface area (Å²) >= 11 is 0. The zero-order valence-electron chi connectivity index (χ0n) is 12.7. The van der Waals surface area contributed by atoms with E-state index in [0.717, 1.165) is 28.8 Å². The van der Waals surface area contributed by atoms with Crippen molar-refractivity contribution in [2.45, 2.75) is 13.3 Å². The molecule has 3 heteroatoms. The highest BCUT2D eigenvalue weighted by Crippen LogP contribution is 2.29. The monoisotopic (exact) mass is 283 g/mol. The number of hydrogen-bond donors (Lipinski definition) is 2. The van der Waals surface area contributed by atoms with E-state index in [4.69, 9.17) is 0 Å². The van der Waals surface area contributed by atoms with Gasteiger partial charge in [0.15, 0.2) is 0 Å². The maximum atomic E-state index is 9.61. The van der Waals surface area contributed by atoms with Crippen LogP contribution in [0.25, 0.3) is 11.6 Å². The highest BCUT2D eigenvalue weighted by Gasteiger charge is 2.04. The molecule has 0 bridgehead atoms. The summed E-state index contributed by atoms with van der Waals surface area (Å²) in [6.07, 6.45) is 2.89. The lowest BCUT2D eigenvalue weighted by molar-refractivity contribution is 0.450. The van der Waals surface area contributed by atoms with E-state index < -0.39 is 0 Å². The average Bonchev–Trinajstić information content (AvgIpc) is 2.44. The Morgan fingerprint density at radius 3 is 2.05 bits per heavy atom. The number of phenols is 2. The van der Waals surface area contributed by atoms with Crippen molar-refractivity contribution in [2.24, 2.45) is 0 Å². The summed E-state index contributed by atoms with van der Waals surface area (Å²) < 4.78 is 0. The smallest absolute Gasteiger partial charge is 0.119 e. The van der Waals surface area contributed by atoms with Crippen LogP contribution in [0.2, 0.25) is 0 Å². The van der Waals surface area contributed by atoms with Gasteiger partial charge in [0.05, 0.1) is 0 Å². The van der Waals surface area contributed by atoms with Crippen molar-refractivity contribution < 1.29 is 10.2 Å². The van der Waals surface area contributed by atoms with Crippen molar-refractivity contribution in [3.05, 3.63) is 53.6 Å². The lowest BCUT2D eigenvalue weighted by Gasteiger charge is -2.12. The molecule has 21 heavy (non-hydrogen) atoms. The van der Waals surface area contributed by atoms with E-state index in [1.165, 1.54) is 6.07 Å². The molecule has 0 spiro atoms. The number of nitrogens with zero attached hydrogens (tertiary/aromatic N) is 1. The first-order valence-corrected chi connectivity index (χ1v) is 7.01. The van der Waals surface area contributed by atoms with Crippen LogP contribution in [0.15, 0.2) is 42.5 Å². The quantitative estimate of drug-likeness (QED) is 0.830. The van der Waals surface area contributed by atoms with Gasteiger partial charge in [-0.2, -0.15) is 0 Å². The van der Waals surface area contributed by atoms with Gasteiger partial charge in [-0.1, -0.05) is 25.1 Å². The summed E-state index contributed by atoms with van der Waals surface area (Å²) in [6.45, 7) is 2.06. The molecule has 0 fully saturated rings. The summed E-state index contributed by atoms with van der Waals surface area (Å²) in [7, 11) is 4.02. The first-order chi connectivity index (χ1) is 9.99. The molecule has 0 aliphatic heterocycles. The van der Waals surface area contributed by atoms with E-state index in [2.05, 4.69) is 42.2 Å². The molecule has 2 N–H and O–H groups in total. The largest absolute Gasteiger partial charge is 0.508 e. The number of hydrogen-bond acceptors (Lipinski definition) is 3. The highest BCUT2D eigenvalue weighted by atomic mass is 16.3. The molecule has 0 aliphatic carbocycles. The maximum absolute atomic E-state index is 9.61. The number of aromatic hydroxyl groups is 2. The van der Waals surface area contributed by atoms with Gasteiger partial charge >= 0.3 is 0 Å². The second kappa shape index (κ2) is 6.35. The minimum Gasteiger partial charge on any atom is -0.508 e. The first-order valence-electron chi connectivity index (χ1n) is 7.01. The van der Waals surface area contributed by atoms with E-state index >= 15 is 0 Å². The molecule has 2 rings (SSSR count). The molecular formula is C18H21NO2. The van der Waals surface area contributed by atoms with E-state index in [9.17, 15) is 10.2 Å². The van der Waals surface area contributed by atoms with Crippen molar-refractivity contribution in [1.29, 1.82) is 0 Å². The third-order valence-electron chi connectivity index (χ3n) is 3.40. The molecule has 0 unspecified atom stereocenters. The second-order valence-corrected chi connectivity index (χ2v) is 5.25. The summed E-state index contributed by atoms with van der Waals surface area (Å²) in [6, 6.07) is 12.9. The fourth-order valence-corrected chi connectivity index (χ4v) is 2.24. The molecule has 0 saturated heterocycles. The molecule has 0 saturated carbocycles. The van der Waals surface area contributed by atoms with Crippen LogP contribution in [-0.2, 0) is 0 Å². The topological polar surface area (TPSA) is 43.7 Å². The molecule has 110 valence electrons. The third-order valence-corrected chi connectivity index (χ3v) is 3.40. The van der Waals surface area contributed by atoms with Gasteiger partial charge in [-0.25, -0.2) is 0 Å². The van der Waals surface area contributed by atoms with Crippen LogP contribution < -0.4 is 4.90 Å². The summed E-state index contributed by atoms with van der Waals surface area (Å²) in [5.74, 6) is 0.152. The SMILES string of the molecule is CC/C(=C\c1ccc(N(C)C)cc1)c1cc(O)cc(O)c1. The molecule has 0 atom stereocenters.